The Hall–Kier alpha value is -4.54. The number of carbonyl (C=O) groups excluding carboxylic acids is 3. The van der Waals surface area contributed by atoms with Crippen molar-refractivity contribution in [3.05, 3.63) is 50.7 Å². The van der Waals surface area contributed by atoms with Gasteiger partial charge in [0.2, 0.25) is 0 Å². The summed E-state index contributed by atoms with van der Waals surface area (Å²) in [5.41, 5.74) is 8.69. The third-order valence-electron chi connectivity index (χ3n) is 16.1. The number of Topliss-reactive ketones (excluding diaryl/α,β-unsaturated/α-hetero) is 1. The highest BCUT2D eigenvalue weighted by Crippen LogP contribution is 2.68. The van der Waals surface area contributed by atoms with Crippen LogP contribution in [0.1, 0.15) is 110 Å². The number of carboxylic acid groups (broad SMARTS) is 1. The first-order chi connectivity index (χ1) is 32.7. The molecule has 0 amide bonds. The van der Waals surface area contributed by atoms with E-state index in [4.69, 9.17) is 43.1 Å². The number of nitrogens with zero attached hydrogens (tertiary/aromatic N) is 3. The smallest absolute Gasteiger partial charge is 0.336 e. The van der Waals surface area contributed by atoms with Crippen LogP contribution in [0.25, 0.3) is 21.4 Å². The zero-order chi connectivity index (χ0) is 48.7. The van der Waals surface area contributed by atoms with E-state index in [1.54, 1.807) is 18.2 Å². The highest BCUT2D eigenvalue weighted by Gasteiger charge is 2.61. The highest BCUT2D eigenvalue weighted by atomic mass is 16.6. The molecule has 376 valence electrons. The second kappa shape index (κ2) is 25.4. The van der Waals surface area contributed by atoms with Crippen molar-refractivity contribution in [3.8, 4) is 5.75 Å². The van der Waals surface area contributed by atoms with Gasteiger partial charge in [0, 0.05) is 48.2 Å². The minimum absolute atomic E-state index is 0.130. The van der Waals surface area contributed by atoms with Gasteiger partial charge in [-0.05, 0) is 134 Å². The number of rotatable bonds is 28. The fraction of sp³-hybridized carbons (Fsp3) is 0.745. The molecule has 17 heteroatoms. The first-order valence-corrected chi connectivity index (χ1v) is 24.8. The van der Waals surface area contributed by atoms with E-state index in [0.29, 0.717) is 124 Å². The summed E-state index contributed by atoms with van der Waals surface area (Å²) in [4.78, 5) is 66.7. The number of aliphatic carboxylic acids is 1. The Morgan fingerprint density at radius 2 is 1.53 bits per heavy atom. The summed E-state index contributed by atoms with van der Waals surface area (Å²) in [6.45, 7) is 11.0. The van der Waals surface area contributed by atoms with Crippen LogP contribution in [-0.4, -0.2) is 108 Å². The molecule has 2 aromatic rings. The van der Waals surface area contributed by atoms with Crippen molar-refractivity contribution in [2.75, 3.05) is 73.1 Å². The second-order valence-corrected chi connectivity index (χ2v) is 20.0. The Morgan fingerprint density at radius 1 is 0.853 bits per heavy atom. The lowest BCUT2D eigenvalue weighted by Crippen LogP contribution is -2.54. The topological polar surface area (TPSA) is 232 Å². The van der Waals surface area contributed by atoms with Crippen LogP contribution >= 0.6 is 0 Å². The molecular weight excluding hydrogens is 879 g/mol. The molecule has 4 aliphatic rings. The molecule has 0 saturated heterocycles. The number of ether oxygens (including phenoxy) is 7. The molecule has 6 rings (SSSR count). The predicted molar refractivity (Wildman–Crippen MR) is 250 cm³/mol. The average Bonchev–Trinajstić information content (AvgIpc) is 3.67. The van der Waals surface area contributed by atoms with Crippen LogP contribution in [0, 0.1) is 52.3 Å². The summed E-state index contributed by atoms with van der Waals surface area (Å²) < 4.78 is 43.9. The molecule has 0 radical (unpaired) electrons. The lowest BCUT2D eigenvalue weighted by Gasteiger charge is -2.61. The van der Waals surface area contributed by atoms with Gasteiger partial charge in [0.15, 0.2) is 0 Å². The van der Waals surface area contributed by atoms with E-state index in [1.807, 2.05) is 0 Å². The minimum Gasteiger partial charge on any atom is -0.497 e. The molecule has 1 heterocycles. The van der Waals surface area contributed by atoms with Crippen LogP contribution in [0.15, 0.2) is 38.6 Å². The molecule has 4 aliphatic carbocycles. The van der Waals surface area contributed by atoms with Gasteiger partial charge in [0.05, 0.1) is 72.3 Å². The molecule has 1 aromatic heterocycles. The molecule has 17 nitrogen and oxygen atoms in total. The van der Waals surface area contributed by atoms with Crippen LogP contribution in [0.4, 0.5) is 0 Å². The monoisotopic (exact) mass is 952 g/mol. The van der Waals surface area contributed by atoms with Gasteiger partial charge in [-0.2, -0.15) is 0 Å². The lowest BCUT2D eigenvalue weighted by atomic mass is 9.44. The summed E-state index contributed by atoms with van der Waals surface area (Å²) in [6, 6.07) is 6.23. The minimum atomic E-state index is -1.18. The number of ketones is 1. The zero-order valence-corrected chi connectivity index (χ0v) is 40.5. The fourth-order valence-electron chi connectivity index (χ4n) is 12.8. The molecule has 10 atom stereocenters. The summed E-state index contributed by atoms with van der Waals surface area (Å²) in [5, 5.41) is 13.7. The zero-order valence-electron chi connectivity index (χ0n) is 40.5. The molecular formula is C51H73N3O14. The van der Waals surface area contributed by atoms with E-state index in [0.717, 1.165) is 32.1 Å². The Bertz CT molecular complexity index is 2120. The number of hydrogen-bond acceptors (Lipinski definition) is 14. The SMILES string of the molecule is COc1ccc2c(CC(=O)C[C@@H](CC(=O)O)C(=O)O[C@@H]3CC[C@@]4(C)[C@H](CC[C@@H]5[C@@H]4CC[C@]4(C)C([C@H](C)CCC(=O)OCCOCCOCCOCCOCCN=[N+]=[N-])CC[C@@H]54)C3)cc(=O)oc2c1. The van der Waals surface area contributed by atoms with E-state index < -0.39 is 29.9 Å². The normalized spacial score (nSPS) is 27.2. The molecule has 1 unspecified atom stereocenters. The van der Waals surface area contributed by atoms with Crippen LogP contribution in [-0.2, 0) is 54.0 Å². The van der Waals surface area contributed by atoms with Crippen LogP contribution in [0.3, 0.4) is 0 Å². The standard InChI is InChI=1S/C51H73N3O14/c1-33(5-12-47(58)66-26-25-65-24-23-64-22-21-63-20-19-62-18-17-53-54-52)42-10-11-43-41-8-6-36-31-39(13-15-50(36,2)44(41)14-16-51(42,43)3)67-49(60)35(29-46(56)57)28-37(55)27-34-30-48(59)68-45-32-38(61-4)7-9-40(34)45/h7,9,30,32-33,35-36,39,41-44H,5-6,8,10-29,31H2,1-4H3,(H,56,57)/t33-,35+,36-,39-,41+,42?,43+,44+,50+,51-/m1/s1. The van der Waals surface area contributed by atoms with Crippen molar-refractivity contribution < 1.29 is 61.9 Å². The fourth-order valence-corrected chi connectivity index (χ4v) is 12.8. The lowest BCUT2D eigenvalue weighted by molar-refractivity contribution is -0.169. The van der Waals surface area contributed by atoms with Gasteiger partial charge >= 0.3 is 23.5 Å². The average molecular weight is 952 g/mol. The number of carbonyl (C=O) groups is 4. The Balaban J connectivity index is 0.899. The molecule has 1 aromatic carbocycles. The predicted octanol–water partition coefficient (Wildman–Crippen LogP) is 8.30. The Labute approximate surface area is 399 Å². The number of methoxy groups -OCH3 is 1. The Morgan fingerprint density at radius 3 is 2.22 bits per heavy atom. The van der Waals surface area contributed by atoms with Crippen LogP contribution < -0.4 is 10.4 Å². The maximum absolute atomic E-state index is 13.7. The molecule has 0 spiro atoms. The van der Waals surface area contributed by atoms with Crippen molar-refractivity contribution in [2.24, 2.45) is 57.4 Å². The summed E-state index contributed by atoms with van der Waals surface area (Å²) in [7, 11) is 1.50. The highest BCUT2D eigenvalue weighted by molar-refractivity contribution is 5.91. The maximum Gasteiger partial charge on any atom is 0.336 e. The summed E-state index contributed by atoms with van der Waals surface area (Å²) in [5.74, 6) is 0.217. The number of hydrogen-bond donors (Lipinski definition) is 1. The van der Waals surface area contributed by atoms with Gasteiger partial charge in [0.25, 0.3) is 0 Å². The van der Waals surface area contributed by atoms with Crippen molar-refractivity contribution in [2.45, 2.75) is 117 Å². The second-order valence-electron chi connectivity index (χ2n) is 20.0. The number of carboxylic acids is 1. The first kappa shape index (κ1) is 52.8. The van der Waals surface area contributed by atoms with Crippen LogP contribution in [0.5, 0.6) is 5.75 Å². The first-order valence-electron chi connectivity index (χ1n) is 24.8. The molecule has 0 bridgehead atoms. The van der Waals surface area contributed by atoms with E-state index in [1.165, 1.54) is 38.9 Å². The number of fused-ring (bicyclic) bond motifs is 6. The maximum atomic E-state index is 13.7. The van der Waals surface area contributed by atoms with Crippen molar-refractivity contribution >= 4 is 34.7 Å². The van der Waals surface area contributed by atoms with Crippen molar-refractivity contribution in [1.82, 2.24) is 0 Å². The number of benzene rings is 1. The van der Waals surface area contributed by atoms with Gasteiger partial charge in [-0.15, -0.1) is 0 Å². The Kier molecular flexibility index (Phi) is 19.7. The van der Waals surface area contributed by atoms with Gasteiger partial charge in [-0.1, -0.05) is 25.9 Å². The van der Waals surface area contributed by atoms with E-state index in [-0.39, 0.29) is 53.7 Å². The molecule has 68 heavy (non-hydrogen) atoms. The molecule has 4 saturated carbocycles. The van der Waals surface area contributed by atoms with Gasteiger partial charge in [-0.3, -0.25) is 19.2 Å². The van der Waals surface area contributed by atoms with E-state index in [9.17, 15) is 29.1 Å². The largest absolute Gasteiger partial charge is 0.497 e. The van der Waals surface area contributed by atoms with Gasteiger partial charge in [0.1, 0.15) is 29.8 Å². The summed E-state index contributed by atoms with van der Waals surface area (Å²) >= 11 is 0. The van der Waals surface area contributed by atoms with Gasteiger partial charge < -0.3 is 42.7 Å². The molecule has 4 fully saturated rings. The quantitative estimate of drug-likeness (QED) is 0.0211. The molecule has 0 aliphatic heterocycles. The molecule has 1 N–H and O–H groups in total. The van der Waals surface area contributed by atoms with E-state index >= 15 is 0 Å². The number of esters is 2. The number of azide groups is 1. The van der Waals surface area contributed by atoms with E-state index in [2.05, 4.69) is 30.8 Å². The van der Waals surface area contributed by atoms with Crippen molar-refractivity contribution in [1.29, 1.82) is 0 Å². The van der Waals surface area contributed by atoms with Gasteiger partial charge in [-0.25, -0.2) is 4.79 Å². The third kappa shape index (κ3) is 13.8. The van der Waals surface area contributed by atoms with Crippen LogP contribution in [0.2, 0.25) is 0 Å². The summed E-state index contributed by atoms with van der Waals surface area (Å²) in [6.07, 6.45) is 9.24. The third-order valence-corrected chi connectivity index (χ3v) is 16.1. The van der Waals surface area contributed by atoms with Crippen molar-refractivity contribution in [3.63, 3.8) is 0 Å².